The van der Waals surface area contributed by atoms with Crippen molar-refractivity contribution in [2.24, 2.45) is 5.73 Å². The van der Waals surface area contributed by atoms with Gasteiger partial charge in [0.2, 0.25) is 0 Å². The highest BCUT2D eigenvalue weighted by molar-refractivity contribution is 7.10. The fourth-order valence-electron chi connectivity index (χ4n) is 2.27. The van der Waals surface area contributed by atoms with Gasteiger partial charge in [-0.1, -0.05) is 13.8 Å². The molecule has 0 saturated carbocycles. The normalized spacial score (nSPS) is 14.1. The zero-order valence-electron chi connectivity index (χ0n) is 10.7. The number of ether oxygens (including phenoxy) is 1. The summed E-state index contributed by atoms with van der Waals surface area (Å²) in [6, 6.07) is 2.11. The average molecular weight is 241 g/mol. The molecular weight excluding hydrogens is 218 g/mol. The van der Waals surface area contributed by atoms with Gasteiger partial charge in [-0.15, -0.1) is 11.3 Å². The zero-order valence-corrected chi connectivity index (χ0v) is 11.6. The molecule has 1 heterocycles. The number of hydrogen-bond donors (Lipinski definition) is 1. The molecule has 0 spiro atoms. The first-order valence-electron chi connectivity index (χ1n) is 6.04. The van der Waals surface area contributed by atoms with E-state index in [1.807, 2.05) is 6.92 Å². The third-order valence-corrected chi connectivity index (χ3v) is 4.29. The molecule has 1 unspecified atom stereocenters. The van der Waals surface area contributed by atoms with E-state index in [9.17, 15) is 0 Å². The van der Waals surface area contributed by atoms with E-state index in [4.69, 9.17) is 10.5 Å². The largest absolute Gasteiger partial charge is 0.373 e. The molecule has 0 fully saturated rings. The maximum absolute atomic E-state index is 6.41. The van der Waals surface area contributed by atoms with E-state index in [1.54, 1.807) is 11.3 Å². The van der Waals surface area contributed by atoms with Crippen LogP contribution >= 0.6 is 11.3 Å². The first-order valence-corrected chi connectivity index (χ1v) is 6.92. The lowest BCUT2D eigenvalue weighted by Crippen LogP contribution is -2.43. The Kier molecular flexibility index (Phi) is 4.96. The van der Waals surface area contributed by atoms with Crippen LogP contribution in [0.1, 0.15) is 50.1 Å². The van der Waals surface area contributed by atoms with Gasteiger partial charge in [0.25, 0.3) is 0 Å². The number of thiophene rings is 1. The lowest BCUT2D eigenvalue weighted by atomic mass is 9.84. The van der Waals surface area contributed by atoms with E-state index in [0.717, 1.165) is 19.4 Å². The van der Waals surface area contributed by atoms with Gasteiger partial charge in [0.15, 0.2) is 0 Å². The summed E-state index contributed by atoms with van der Waals surface area (Å²) in [6.07, 6.45) is 1.90. The number of nitrogens with two attached hydrogens (primary N) is 1. The van der Waals surface area contributed by atoms with Crippen LogP contribution in [0, 0.1) is 6.92 Å². The molecule has 0 aliphatic rings. The number of hydrogen-bond acceptors (Lipinski definition) is 3. The summed E-state index contributed by atoms with van der Waals surface area (Å²) in [7, 11) is 0. The van der Waals surface area contributed by atoms with Crippen LogP contribution in [0.4, 0.5) is 0 Å². The second kappa shape index (κ2) is 5.80. The summed E-state index contributed by atoms with van der Waals surface area (Å²) >= 11 is 1.75. The summed E-state index contributed by atoms with van der Waals surface area (Å²) in [5, 5.41) is 2.10. The molecule has 2 nitrogen and oxygen atoms in total. The Morgan fingerprint density at radius 1 is 1.38 bits per heavy atom. The lowest BCUT2D eigenvalue weighted by Gasteiger charge is -2.37. The van der Waals surface area contributed by atoms with E-state index < -0.39 is 0 Å². The van der Waals surface area contributed by atoms with Crippen molar-refractivity contribution in [2.45, 2.75) is 52.2 Å². The molecular formula is C13H23NOS. The van der Waals surface area contributed by atoms with Gasteiger partial charge in [0, 0.05) is 11.5 Å². The third kappa shape index (κ3) is 2.47. The summed E-state index contributed by atoms with van der Waals surface area (Å²) < 4.78 is 5.95. The third-order valence-electron chi connectivity index (χ3n) is 3.43. The van der Waals surface area contributed by atoms with E-state index in [-0.39, 0.29) is 11.6 Å². The van der Waals surface area contributed by atoms with Crippen LogP contribution in [0.3, 0.4) is 0 Å². The fraction of sp³-hybridized carbons (Fsp3) is 0.692. The van der Waals surface area contributed by atoms with Crippen molar-refractivity contribution in [3.63, 3.8) is 0 Å². The minimum absolute atomic E-state index is 0.0197. The van der Waals surface area contributed by atoms with Crippen LogP contribution in [-0.4, -0.2) is 12.2 Å². The van der Waals surface area contributed by atoms with Gasteiger partial charge >= 0.3 is 0 Å². The predicted molar refractivity (Wildman–Crippen MR) is 70.9 cm³/mol. The highest BCUT2D eigenvalue weighted by Gasteiger charge is 2.35. The molecule has 1 atom stereocenters. The van der Waals surface area contributed by atoms with Crippen LogP contribution in [0.5, 0.6) is 0 Å². The van der Waals surface area contributed by atoms with Gasteiger partial charge in [0.05, 0.1) is 11.6 Å². The van der Waals surface area contributed by atoms with Crippen LogP contribution in [-0.2, 0) is 4.74 Å². The average Bonchev–Trinajstić information content (AvgIpc) is 2.71. The van der Waals surface area contributed by atoms with Gasteiger partial charge in [0.1, 0.15) is 0 Å². The molecule has 16 heavy (non-hydrogen) atoms. The molecule has 0 aromatic carbocycles. The first-order chi connectivity index (χ1) is 7.61. The zero-order chi connectivity index (χ0) is 12.2. The van der Waals surface area contributed by atoms with Gasteiger partial charge in [-0.2, -0.15) is 0 Å². The highest BCUT2D eigenvalue weighted by atomic mass is 32.1. The maximum Gasteiger partial charge on any atom is 0.0869 e. The van der Waals surface area contributed by atoms with Crippen LogP contribution < -0.4 is 5.73 Å². The molecule has 0 saturated heterocycles. The van der Waals surface area contributed by atoms with Gasteiger partial charge in [-0.25, -0.2) is 0 Å². The molecule has 0 radical (unpaired) electrons. The number of aryl methyl sites for hydroxylation is 1. The smallest absolute Gasteiger partial charge is 0.0869 e. The SMILES string of the molecule is CCOC(CC)(CC)C(N)c1ccsc1C. The Balaban J connectivity index is 2.99. The predicted octanol–water partition coefficient (Wildman–Crippen LogP) is 3.65. The molecule has 1 rings (SSSR count). The number of rotatable bonds is 6. The summed E-state index contributed by atoms with van der Waals surface area (Å²) in [5.41, 5.74) is 7.44. The lowest BCUT2D eigenvalue weighted by molar-refractivity contribution is -0.0646. The topological polar surface area (TPSA) is 35.2 Å². The van der Waals surface area contributed by atoms with Gasteiger partial charge < -0.3 is 10.5 Å². The Morgan fingerprint density at radius 2 is 2.00 bits per heavy atom. The summed E-state index contributed by atoms with van der Waals surface area (Å²) in [5.74, 6) is 0. The standard InChI is InChI=1S/C13H23NOS/c1-5-13(6-2,15-7-3)12(14)11-8-9-16-10(11)4/h8-9,12H,5-7,14H2,1-4H3. The molecule has 92 valence electrons. The van der Waals surface area contributed by atoms with Gasteiger partial charge in [-0.05, 0) is 43.7 Å². The van der Waals surface area contributed by atoms with E-state index in [2.05, 4.69) is 32.2 Å². The van der Waals surface area contributed by atoms with Gasteiger partial charge in [-0.3, -0.25) is 0 Å². The van der Waals surface area contributed by atoms with E-state index >= 15 is 0 Å². The van der Waals surface area contributed by atoms with Crippen LogP contribution in [0.15, 0.2) is 11.4 Å². The van der Waals surface area contributed by atoms with Crippen molar-refractivity contribution in [1.82, 2.24) is 0 Å². The van der Waals surface area contributed by atoms with Crippen molar-refractivity contribution >= 4 is 11.3 Å². The molecule has 1 aromatic heterocycles. The summed E-state index contributed by atoms with van der Waals surface area (Å²) in [6.45, 7) is 9.19. The van der Waals surface area contributed by atoms with Crippen molar-refractivity contribution in [2.75, 3.05) is 6.61 Å². The quantitative estimate of drug-likeness (QED) is 0.825. The Hall–Kier alpha value is -0.380. The molecule has 2 N–H and O–H groups in total. The Bertz CT molecular complexity index is 317. The minimum atomic E-state index is -0.208. The van der Waals surface area contributed by atoms with E-state index in [1.165, 1.54) is 10.4 Å². The molecule has 0 aliphatic carbocycles. The van der Waals surface area contributed by atoms with Crippen molar-refractivity contribution in [3.8, 4) is 0 Å². The van der Waals surface area contributed by atoms with Crippen molar-refractivity contribution < 1.29 is 4.74 Å². The van der Waals surface area contributed by atoms with Crippen molar-refractivity contribution in [3.05, 3.63) is 21.9 Å². The van der Waals surface area contributed by atoms with E-state index in [0.29, 0.717) is 0 Å². The molecule has 0 bridgehead atoms. The first kappa shape index (κ1) is 13.7. The fourth-order valence-corrected chi connectivity index (χ4v) is 3.02. The van der Waals surface area contributed by atoms with Crippen LogP contribution in [0.25, 0.3) is 0 Å². The molecule has 0 aliphatic heterocycles. The highest BCUT2D eigenvalue weighted by Crippen LogP contribution is 2.36. The monoisotopic (exact) mass is 241 g/mol. The molecule has 0 amide bonds. The second-order valence-electron chi connectivity index (χ2n) is 4.11. The molecule has 1 aromatic rings. The molecule has 3 heteroatoms. The Morgan fingerprint density at radius 3 is 2.38 bits per heavy atom. The second-order valence-corrected chi connectivity index (χ2v) is 5.23. The van der Waals surface area contributed by atoms with Crippen molar-refractivity contribution in [1.29, 1.82) is 0 Å². The summed E-state index contributed by atoms with van der Waals surface area (Å²) in [4.78, 5) is 1.30. The Labute approximate surface area is 103 Å². The minimum Gasteiger partial charge on any atom is -0.373 e. The van der Waals surface area contributed by atoms with Crippen LogP contribution in [0.2, 0.25) is 0 Å². The maximum atomic E-state index is 6.41.